The molecule has 6 nitrogen and oxygen atoms in total. The molecule has 1 aromatic heterocycles. The molecule has 0 fully saturated rings. The summed E-state index contributed by atoms with van der Waals surface area (Å²) in [5.74, 6) is 1.34. The van der Waals surface area contributed by atoms with Gasteiger partial charge in [-0.1, -0.05) is 25.9 Å². The van der Waals surface area contributed by atoms with Crippen molar-refractivity contribution in [2.24, 2.45) is 0 Å². The van der Waals surface area contributed by atoms with Gasteiger partial charge in [-0.2, -0.15) is 0 Å². The first-order chi connectivity index (χ1) is 10.4. The van der Waals surface area contributed by atoms with Crippen LogP contribution < -0.4 is 10.1 Å². The molecule has 0 aliphatic rings. The zero-order valence-electron chi connectivity index (χ0n) is 13.2. The number of ether oxygens (including phenoxy) is 2. The van der Waals surface area contributed by atoms with Crippen molar-refractivity contribution in [2.75, 3.05) is 12.4 Å². The number of methoxy groups -OCH3 is 1. The topological polar surface area (TPSA) is 73.6 Å². The maximum absolute atomic E-state index is 11.1. The molecule has 1 aromatic carbocycles. The zero-order chi connectivity index (χ0) is 16.2. The lowest BCUT2D eigenvalue weighted by Gasteiger charge is -2.12. The van der Waals surface area contributed by atoms with Crippen molar-refractivity contribution in [3.63, 3.8) is 0 Å². The average Bonchev–Trinajstić information content (AvgIpc) is 2.95. The number of carbonyl (C=O) groups excluding carboxylic acids is 1. The van der Waals surface area contributed by atoms with Crippen LogP contribution >= 0.6 is 0 Å². The lowest BCUT2D eigenvalue weighted by molar-refractivity contribution is 0.187. The number of rotatable bonds is 4. The summed E-state index contributed by atoms with van der Waals surface area (Å²) in [6.45, 7) is 6.51. The number of amides is 1. The van der Waals surface area contributed by atoms with Crippen molar-refractivity contribution in [3.8, 4) is 5.75 Å². The second-order valence-electron chi connectivity index (χ2n) is 5.86. The molecule has 0 aliphatic carbocycles. The highest BCUT2D eigenvalue weighted by molar-refractivity contribution is 5.84. The smallest absolute Gasteiger partial charge is 0.411 e. The van der Waals surface area contributed by atoms with Crippen LogP contribution in [0.1, 0.15) is 32.2 Å². The summed E-state index contributed by atoms with van der Waals surface area (Å²) in [5.41, 5.74) is 1.47. The molecule has 0 saturated carbocycles. The van der Waals surface area contributed by atoms with Crippen molar-refractivity contribution in [3.05, 3.63) is 41.8 Å². The molecule has 0 atom stereocenters. The Morgan fingerprint density at radius 3 is 2.50 bits per heavy atom. The van der Waals surface area contributed by atoms with Gasteiger partial charge < -0.3 is 14.0 Å². The Morgan fingerprint density at radius 2 is 1.95 bits per heavy atom. The Labute approximate surface area is 129 Å². The SMILES string of the molecule is COC(=O)Nc1ccc(OCc2cc(C(C)(C)C)no2)cc1. The molecule has 0 saturated heterocycles. The summed E-state index contributed by atoms with van der Waals surface area (Å²) in [6, 6.07) is 8.87. The summed E-state index contributed by atoms with van der Waals surface area (Å²) >= 11 is 0. The lowest BCUT2D eigenvalue weighted by atomic mass is 9.92. The summed E-state index contributed by atoms with van der Waals surface area (Å²) in [5, 5.41) is 6.61. The molecule has 118 valence electrons. The monoisotopic (exact) mass is 304 g/mol. The molecule has 1 amide bonds. The Kier molecular flexibility index (Phi) is 4.70. The van der Waals surface area contributed by atoms with E-state index in [1.165, 1.54) is 7.11 Å². The molecule has 22 heavy (non-hydrogen) atoms. The van der Waals surface area contributed by atoms with E-state index >= 15 is 0 Å². The second-order valence-corrected chi connectivity index (χ2v) is 5.86. The molecule has 0 unspecified atom stereocenters. The Morgan fingerprint density at radius 1 is 1.27 bits per heavy atom. The number of benzene rings is 1. The van der Waals surface area contributed by atoms with Gasteiger partial charge in [-0.3, -0.25) is 5.32 Å². The van der Waals surface area contributed by atoms with Crippen LogP contribution in [0.15, 0.2) is 34.9 Å². The fourth-order valence-corrected chi connectivity index (χ4v) is 1.69. The van der Waals surface area contributed by atoms with Gasteiger partial charge in [0.15, 0.2) is 5.76 Å². The minimum Gasteiger partial charge on any atom is -0.486 e. The third-order valence-electron chi connectivity index (χ3n) is 2.99. The van der Waals surface area contributed by atoms with E-state index < -0.39 is 6.09 Å². The summed E-state index contributed by atoms with van der Waals surface area (Å²) in [7, 11) is 1.32. The van der Waals surface area contributed by atoms with Crippen LogP contribution in [0, 0.1) is 0 Å². The number of hydrogen-bond donors (Lipinski definition) is 1. The third-order valence-corrected chi connectivity index (χ3v) is 2.99. The predicted octanol–water partition coefficient (Wildman–Crippen LogP) is 3.73. The largest absolute Gasteiger partial charge is 0.486 e. The van der Waals surface area contributed by atoms with Crippen molar-refractivity contribution >= 4 is 11.8 Å². The van der Waals surface area contributed by atoms with Gasteiger partial charge in [0.2, 0.25) is 0 Å². The van der Waals surface area contributed by atoms with Crippen molar-refractivity contribution in [1.82, 2.24) is 5.16 Å². The highest BCUT2D eigenvalue weighted by Gasteiger charge is 2.19. The Hall–Kier alpha value is -2.50. The van der Waals surface area contributed by atoms with Gasteiger partial charge in [0.05, 0.1) is 12.8 Å². The van der Waals surface area contributed by atoms with E-state index in [-0.39, 0.29) is 5.41 Å². The number of anilines is 1. The molecule has 1 heterocycles. The molecule has 0 spiro atoms. The quantitative estimate of drug-likeness (QED) is 0.931. The van der Waals surface area contributed by atoms with Gasteiger partial charge >= 0.3 is 6.09 Å². The van der Waals surface area contributed by atoms with E-state index in [0.29, 0.717) is 23.8 Å². The van der Waals surface area contributed by atoms with Crippen LogP contribution in [0.25, 0.3) is 0 Å². The highest BCUT2D eigenvalue weighted by atomic mass is 16.5. The normalized spacial score (nSPS) is 11.1. The van der Waals surface area contributed by atoms with Crippen molar-refractivity contribution < 1.29 is 18.8 Å². The number of aromatic nitrogens is 1. The van der Waals surface area contributed by atoms with Gasteiger partial charge in [0, 0.05) is 17.2 Å². The van der Waals surface area contributed by atoms with Gasteiger partial charge in [-0.15, -0.1) is 0 Å². The molecule has 2 aromatic rings. The van der Waals surface area contributed by atoms with Gasteiger partial charge in [0.25, 0.3) is 0 Å². The fraction of sp³-hybridized carbons (Fsp3) is 0.375. The Bertz CT molecular complexity index is 626. The minimum atomic E-state index is -0.509. The maximum Gasteiger partial charge on any atom is 0.411 e. The van der Waals surface area contributed by atoms with E-state index in [2.05, 4.69) is 36.0 Å². The molecule has 1 N–H and O–H groups in total. The fourth-order valence-electron chi connectivity index (χ4n) is 1.69. The molecule has 0 radical (unpaired) electrons. The number of hydrogen-bond acceptors (Lipinski definition) is 5. The number of nitrogens with zero attached hydrogens (tertiary/aromatic N) is 1. The van der Waals surface area contributed by atoms with E-state index in [0.717, 1.165) is 5.69 Å². The summed E-state index contributed by atoms with van der Waals surface area (Å²) in [6.07, 6.45) is -0.509. The lowest BCUT2D eigenvalue weighted by Crippen LogP contribution is -2.11. The average molecular weight is 304 g/mol. The molecule has 0 aliphatic heterocycles. The van der Waals surface area contributed by atoms with Gasteiger partial charge in [-0.25, -0.2) is 4.79 Å². The van der Waals surface area contributed by atoms with E-state index in [9.17, 15) is 4.79 Å². The standard InChI is InChI=1S/C16H20N2O4/c1-16(2,3)14-9-13(22-18-14)10-21-12-7-5-11(6-8-12)17-15(19)20-4/h5-9H,10H2,1-4H3,(H,17,19). The molecular weight excluding hydrogens is 284 g/mol. The molecule has 2 rings (SSSR count). The van der Waals surface area contributed by atoms with Crippen LogP contribution in [0.3, 0.4) is 0 Å². The molecular formula is C16H20N2O4. The maximum atomic E-state index is 11.1. The van der Waals surface area contributed by atoms with Gasteiger partial charge in [-0.05, 0) is 24.3 Å². The first kappa shape index (κ1) is 15.9. The van der Waals surface area contributed by atoms with Crippen LogP contribution in [-0.2, 0) is 16.8 Å². The first-order valence-corrected chi connectivity index (χ1v) is 6.92. The van der Waals surface area contributed by atoms with E-state index in [1.54, 1.807) is 24.3 Å². The number of nitrogens with one attached hydrogen (secondary N) is 1. The highest BCUT2D eigenvalue weighted by Crippen LogP contribution is 2.22. The summed E-state index contributed by atoms with van der Waals surface area (Å²) < 4.78 is 15.4. The van der Waals surface area contributed by atoms with Crippen molar-refractivity contribution in [1.29, 1.82) is 0 Å². The van der Waals surface area contributed by atoms with Crippen LogP contribution in [0.5, 0.6) is 5.75 Å². The third kappa shape index (κ3) is 4.25. The number of carbonyl (C=O) groups is 1. The predicted molar refractivity (Wildman–Crippen MR) is 82.0 cm³/mol. The van der Waals surface area contributed by atoms with Crippen LogP contribution in [0.2, 0.25) is 0 Å². The van der Waals surface area contributed by atoms with Crippen LogP contribution in [0.4, 0.5) is 10.5 Å². The molecule has 6 heteroatoms. The zero-order valence-corrected chi connectivity index (χ0v) is 13.2. The van der Waals surface area contributed by atoms with Gasteiger partial charge in [0.1, 0.15) is 12.4 Å². The second kappa shape index (κ2) is 6.51. The van der Waals surface area contributed by atoms with Crippen LogP contribution in [-0.4, -0.2) is 18.4 Å². The molecule has 0 bridgehead atoms. The summed E-state index contributed by atoms with van der Waals surface area (Å²) in [4.78, 5) is 11.1. The first-order valence-electron chi connectivity index (χ1n) is 6.92. The van der Waals surface area contributed by atoms with Crippen molar-refractivity contribution in [2.45, 2.75) is 32.8 Å². The minimum absolute atomic E-state index is 0.0526. The van der Waals surface area contributed by atoms with E-state index in [1.807, 2.05) is 6.07 Å². The Balaban J connectivity index is 1.92. The van der Waals surface area contributed by atoms with E-state index in [4.69, 9.17) is 9.26 Å².